The van der Waals surface area contributed by atoms with Crippen LogP contribution in [0.3, 0.4) is 0 Å². The van der Waals surface area contributed by atoms with E-state index in [1.165, 1.54) is 71.7 Å². The monoisotopic (exact) mass is 500 g/mol. The summed E-state index contributed by atoms with van der Waals surface area (Å²) in [6.07, 6.45) is 0.00384. The average Bonchev–Trinajstić information content (AvgIpc) is 3.39. The van der Waals surface area contributed by atoms with Crippen LogP contribution in [0.2, 0.25) is 0 Å². The minimum atomic E-state index is -4.36. The lowest BCUT2D eigenvalue weighted by molar-refractivity contribution is -0.136. The molecular weight excluding hydrogens is 479 g/mol. The van der Waals surface area contributed by atoms with Gasteiger partial charge in [0.25, 0.3) is 0 Å². The van der Waals surface area contributed by atoms with Crippen molar-refractivity contribution in [3.63, 3.8) is 0 Å². The van der Waals surface area contributed by atoms with Crippen LogP contribution in [0.5, 0.6) is 0 Å². The molecule has 2 fully saturated rings. The van der Waals surface area contributed by atoms with E-state index in [9.17, 15) is 21.6 Å². The van der Waals surface area contributed by atoms with Crippen molar-refractivity contribution in [3.05, 3.63) is 96.3 Å². The molecule has 3 aromatic rings. The predicted molar refractivity (Wildman–Crippen MR) is 122 cm³/mol. The zero-order chi connectivity index (χ0) is 24.1. The Balaban J connectivity index is 1.79. The molecule has 0 aliphatic carbocycles. The molecule has 3 unspecified atom stereocenters. The van der Waals surface area contributed by atoms with Gasteiger partial charge in [0, 0.05) is 18.5 Å². The Kier molecular flexibility index (Phi) is 5.54. The van der Waals surface area contributed by atoms with Gasteiger partial charge in [0.1, 0.15) is 11.1 Å². The molecule has 2 aliphatic heterocycles. The van der Waals surface area contributed by atoms with Crippen molar-refractivity contribution in [2.75, 3.05) is 6.54 Å². The van der Waals surface area contributed by atoms with Crippen molar-refractivity contribution < 1.29 is 26.0 Å². The molecular formula is C24H21FN2O5S2. The number of hydrogen-bond donors (Lipinski definition) is 0. The van der Waals surface area contributed by atoms with Crippen molar-refractivity contribution in [3.8, 4) is 0 Å². The van der Waals surface area contributed by atoms with Crippen molar-refractivity contribution in [2.45, 2.75) is 32.9 Å². The van der Waals surface area contributed by atoms with Gasteiger partial charge in [0.05, 0.1) is 15.8 Å². The van der Waals surface area contributed by atoms with Crippen LogP contribution in [0.1, 0.15) is 18.0 Å². The zero-order valence-electron chi connectivity index (χ0n) is 17.9. The number of sulfone groups is 2. The topological polar surface area (TPSA) is 91.8 Å². The third-order valence-electron chi connectivity index (χ3n) is 6.29. The van der Waals surface area contributed by atoms with Crippen molar-refractivity contribution in [2.24, 2.45) is 0 Å². The maximum absolute atomic E-state index is 15.0. The standard InChI is InChI=1S/C24H21FN2O5S2/c25-20-14-8-7-13-19(20)22-23(33(29,30)17-9-3-1-4-10-17)24(27-21(28)15-16-26(22)27)34(31,32)18-11-5-2-6-12-18/h1-14,22-24H,15-16H2. The third kappa shape index (κ3) is 3.44. The molecule has 34 heavy (non-hydrogen) atoms. The van der Waals surface area contributed by atoms with Crippen molar-refractivity contribution >= 4 is 25.6 Å². The average molecular weight is 501 g/mol. The molecule has 0 radical (unpaired) electrons. The summed E-state index contributed by atoms with van der Waals surface area (Å²) in [7, 11) is -8.70. The molecule has 3 atom stereocenters. The maximum atomic E-state index is 15.0. The highest BCUT2D eigenvalue weighted by molar-refractivity contribution is 7.96. The van der Waals surface area contributed by atoms with Gasteiger partial charge >= 0.3 is 0 Å². The van der Waals surface area contributed by atoms with E-state index in [1.807, 2.05) is 0 Å². The third-order valence-corrected chi connectivity index (χ3v) is 10.7. The van der Waals surface area contributed by atoms with Crippen LogP contribution in [-0.2, 0) is 24.5 Å². The molecule has 7 nitrogen and oxygen atoms in total. The van der Waals surface area contributed by atoms with E-state index in [2.05, 4.69) is 0 Å². The second kappa shape index (κ2) is 8.30. The highest BCUT2D eigenvalue weighted by Gasteiger charge is 2.63. The molecule has 2 aliphatic rings. The SMILES string of the molecule is O=C1CCN2C(c3ccccc3F)C(S(=O)(=O)c3ccccc3)C(S(=O)(=O)c3ccccc3)N12. The second-order valence-electron chi connectivity index (χ2n) is 8.19. The molecule has 3 aromatic carbocycles. The first-order valence-electron chi connectivity index (χ1n) is 10.7. The Bertz CT molecular complexity index is 1450. The molecule has 176 valence electrons. The molecule has 0 spiro atoms. The fourth-order valence-electron chi connectivity index (χ4n) is 4.80. The fourth-order valence-corrected chi connectivity index (χ4v) is 9.40. The van der Waals surface area contributed by atoms with Gasteiger partial charge in [-0.05, 0) is 30.3 Å². The van der Waals surface area contributed by atoms with E-state index in [1.54, 1.807) is 18.2 Å². The minimum Gasteiger partial charge on any atom is -0.273 e. The van der Waals surface area contributed by atoms with Crippen LogP contribution in [0, 0.1) is 5.82 Å². The first-order chi connectivity index (χ1) is 16.2. The first-order valence-corrected chi connectivity index (χ1v) is 13.7. The Labute approximate surface area is 197 Å². The number of rotatable bonds is 5. The molecule has 1 amide bonds. The molecule has 0 saturated carbocycles. The number of benzene rings is 3. The van der Waals surface area contributed by atoms with Crippen LogP contribution >= 0.6 is 0 Å². The van der Waals surface area contributed by atoms with E-state index in [0.29, 0.717) is 0 Å². The molecule has 2 heterocycles. The second-order valence-corrected chi connectivity index (χ2v) is 12.3. The number of amides is 1. The van der Waals surface area contributed by atoms with Gasteiger partial charge in [0.2, 0.25) is 15.7 Å². The Morgan fingerprint density at radius 2 is 1.26 bits per heavy atom. The number of hydrazine groups is 1. The van der Waals surface area contributed by atoms with Crippen LogP contribution in [0.15, 0.2) is 94.7 Å². The normalized spacial score (nSPS) is 23.3. The summed E-state index contributed by atoms with van der Waals surface area (Å²) in [6.45, 7) is 0.0828. The highest BCUT2D eigenvalue weighted by atomic mass is 32.2. The van der Waals surface area contributed by atoms with Gasteiger partial charge in [-0.2, -0.15) is 0 Å². The molecule has 0 aromatic heterocycles. The Morgan fingerprint density at radius 1 is 0.735 bits per heavy atom. The van der Waals surface area contributed by atoms with Crippen molar-refractivity contribution in [1.29, 1.82) is 0 Å². The van der Waals surface area contributed by atoms with E-state index >= 15 is 4.39 Å². The van der Waals surface area contributed by atoms with Crippen LogP contribution < -0.4 is 0 Å². The quantitative estimate of drug-likeness (QED) is 0.535. The number of carbonyl (C=O) groups is 1. The summed E-state index contributed by atoms with van der Waals surface area (Å²) in [6, 6.07) is 19.3. The van der Waals surface area contributed by atoms with E-state index in [-0.39, 0.29) is 28.3 Å². The van der Waals surface area contributed by atoms with Crippen LogP contribution in [-0.4, -0.2) is 49.9 Å². The van der Waals surface area contributed by atoms with E-state index < -0.39 is 48.1 Å². The molecule has 2 saturated heterocycles. The summed E-state index contributed by atoms with van der Waals surface area (Å²) in [5.41, 5.74) is 0.0254. The molecule has 5 rings (SSSR count). The van der Waals surface area contributed by atoms with Crippen molar-refractivity contribution in [1.82, 2.24) is 10.0 Å². The Hall–Kier alpha value is -3.08. The predicted octanol–water partition coefficient (Wildman–Crippen LogP) is 2.97. The lowest BCUT2D eigenvalue weighted by Gasteiger charge is -2.27. The Morgan fingerprint density at radius 3 is 1.85 bits per heavy atom. The smallest absolute Gasteiger partial charge is 0.239 e. The molecule has 10 heteroatoms. The number of carbonyl (C=O) groups excluding carboxylic acids is 1. The fraction of sp³-hybridized carbons (Fsp3) is 0.208. The summed E-state index contributed by atoms with van der Waals surface area (Å²) in [5.74, 6) is -1.19. The van der Waals surface area contributed by atoms with Crippen LogP contribution in [0.25, 0.3) is 0 Å². The lowest BCUT2D eigenvalue weighted by Crippen LogP contribution is -2.47. The van der Waals surface area contributed by atoms with Gasteiger partial charge in [-0.3, -0.25) is 9.80 Å². The summed E-state index contributed by atoms with van der Waals surface area (Å²) >= 11 is 0. The van der Waals surface area contributed by atoms with Gasteiger partial charge in [-0.25, -0.2) is 26.2 Å². The summed E-state index contributed by atoms with van der Waals surface area (Å²) < 4.78 is 70.8. The van der Waals surface area contributed by atoms with Gasteiger partial charge in [-0.15, -0.1) is 0 Å². The lowest BCUT2D eigenvalue weighted by atomic mass is 10.0. The molecule has 0 bridgehead atoms. The van der Waals surface area contributed by atoms with Gasteiger partial charge in [0.15, 0.2) is 15.2 Å². The largest absolute Gasteiger partial charge is 0.273 e. The van der Waals surface area contributed by atoms with Gasteiger partial charge in [-0.1, -0.05) is 54.6 Å². The van der Waals surface area contributed by atoms with E-state index in [4.69, 9.17) is 0 Å². The maximum Gasteiger partial charge on any atom is 0.239 e. The number of hydrogen-bond acceptors (Lipinski definition) is 6. The number of fused-ring (bicyclic) bond motifs is 1. The van der Waals surface area contributed by atoms with E-state index in [0.717, 1.165) is 5.01 Å². The van der Waals surface area contributed by atoms with Gasteiger partial charge < -0.3 is 0 Å². The zero-order valence-corrected chi connectivity index (χ0v) is 19.5. The number of halogens is 1. The number of nitrogens with zero attached hydrogens (tertiary/aromatic N) is 2. The summed E-state index contributed by atoms with van der Waals surface area (Å²) in [5, 5.41) is -0.984. The summed E-state index contributed by atoms with van der Waals surface area (Å²) in [4.78, 5) is 12.7. The molecule has 0 N–H and O–H groups in total. The highest BCUT2D eigenvalue weighted by Crippen LogP contribution is 2.48. The minimum absolute atomic E-state index is 0.00384. The van der Waals surface area contributed by atoms with Crippen LogP contribution in [0.4, 0.5) is 4.39 Å². The first kappa shape index (κ1) is 22.7.